The number of thiophene rings is 1. The number of carbonyl (C=O) groups is 1. The molecule has 100 valence electrons. The van der Waals surface area contributed by atoms with Crippen molar-refractivity contribution in [2.75, 3.05) is 10.6 Å². The molecule has 0 spiro atoms. The fraction of sp³-hybridized carbons (Fsp3) is 0.154. The van der Waals surface area contributed by atoms with Crippen LogP contribution in [-0.2, 0) is 11.3 Å². The summed E-state index contributed by atoms with van der Waals surface area (Å²) in [6.07, 6.45) is 0. The highest BCUT2D eigenvalue weighted by atomic mass is 79.9. The molecule has 0 bridgehead atoms. The predicted octanol–water partition coefficient (Wildman–Crippen LogP) is 4.73. The van der Waals surface area contributed by atoms with Crippen molar-refractivity contribution < 1.29 is 4.79 Å². The van der Waals surface area contributed by atoms with Gasteiger partial charge in [0.25, 0.3) is 0 Å². The van der Waals surface area contributed by atoms with Crippen molar-refractivity contribution in [2.24, 2.45) is 0 Å². The van der Waals surface area contributed by atoms with Crippen molar-refractivity contribution in [3.63, 3.8) is 0 Å². The van der Waals surface area contributed by atoms with Crippen molar-refractivity contribution >= 4 is 56.1 Å². The zero-order chi connectivity index (χ0) is 13.8. The van der Waals surface area contributed by atoms with E-state index in [9.17, 15) is 4.79 Å². The van der Waals surface area contributed by atoms with E-state index in [2.05, 4.69) is 32.6 Å². The van der Waals surface area contributed by atoms with E-state index in [0.717, 1.165) is 16.7 Å². The molecule has 0 aliphatic heterocycles. The predicted molar refractivity (Wildman–Crippen MR) is 85.1 cm³/mol. The number of anilines is 2. The Bertz CT molecular complexity index is 600. The first-order chi connectivity index (χ1) is 9.04. The molecular formula is C13H12BrClN2OS. The molecule has 6 heteroatoms. The molecule has 0 aliphatic rings. The zero-order valence-corrected chi connectivity index (χ0v) is 13.3. The van der Waals surface area contributed by atoms with Crippen LogP contribution in [-0.4, -0.2) is 5.91 Å². The fourth-order valence-electron chi connectivity index (χ4n) is 1.55. The Balaban J connectivity index is 2.01. The van der Waals surface area contributed by atoms with Crippen molar-refractivity contribution in [3.05, 3.63) is 44.0 Å². The molecule has 3 nitrogen and oxygen atoms in total. The minimum Gasteiger partial charge on any atom is -0.380 e. The summed E-state index contributed by atoms with van der Waals surface area (Å²) in [5, 5.41) is 8.53. The molecule has 1 aromatic heterocycles. The van der Waals surface area contributed by atoms with E-state index < -0.39 is 0 Å². The lowest BCUT2D eigenvalue weighted by Gasteiger charge is -2.09. The maximum absolute atomic E-state index is 11.0. The zero-order valence-electron chi connectivity index (χ0n) is 10.2. The molecule has 0 saturated heterocycles. The second-order valence-corrected chi connectivity index (χ2v) is 6.28. The molecule has 2 rings (SSSR count). The van der Waals surface area contributed by atoms with Crippen molar-refractivity contribution in [2.45, 2.75) is 13.5 Å². The Morgan fingerprint density at radius 2 is 2.21 bits per heavy atom. The summed E-state index contributed by atoms with van der Waals surface area (Å²) in [6, 6.07) is 7.55. The number of rotatable bonds is 4. The van der Waals surface area contributed by atoms with Crippen LogP contribution >= 0.6 is 38.9 Å². The SMILES string of the molecule is CC(=O)Nc1ccc(NCc2cc(Br)cs2)cc1Cl. The molecule has 1 heterocycles. The number of benzene rings is 1. The molecule has 0 unspecified atom stereocenters. The largest absolute Gasteiger partial charge is 0.380 e. The minimum atomic E-state index is -0.133. The Hall–Kier alpha value is -1.04. The van der Waals surface area contributed by atoms with Gasteiger partial charge in [0.2, 0.25) is 5.91 Å². The Kier molecular flexibility index (Phi) is 4.85. The molecule has 0 atom stereocenters. The maximum Gasteiger partial charge on any atom is 0.221 e. The van der Waals surface area contributed by atoms with Crippen molar-refractivity contribution in [1.82, 2.24) is 0 Å². The number of nitrogens with one attached hydrogen (secondary N) is 2. The highest BCUT2D eigenvalue weighted by Gasteiger charge is 2.04. The lowest BCUT2D eigenvalue weighted by molar-refractivity contribution is -0.114. The lowest BCUT2D eigenvalue weighted by Crippen LogP contribution is -2.06. The van der Waals surface area contributed by atoms with Gasteiger partial charge in [-0.05, 0) is 40.2 Å². The van der Waals surface area contributed by atoms with Gasteiger partial charge >= 0.3 is 0 Å². The monoisotopic (exact) mass is 358 g/mol. The van der Waals surface area contributed by atoms with Crippen LogP contribution in [0.25, 0.3) is 0 Å². The van der Waals surface area contributed by atoms with E-state index in [-0.39, 0.29) is 5.91 Å². The minimum absolute atomic E-state index is 0.133. The Labute approximate surface area is 129 Å². The maximum atomic E-state index is 11.0. The van der Waals surface area contributed by atoms with Crippen molar-refractivity contribution in [3.8, 4) is 0 Å². The first-order valence-corrected chi connectivity index (χ1v) is 7.63. The summed E-state index contributed by atoms with van der Waals surface area (Å²) < 4.78 is 1.09. The quantitative estimate of drug-likeness (QED) is 0.828. The highest BCUT2D eigenvalue weighted by molar-refractivity contribution is 9.10. The number of hydrogen-bond donors (Lipinski definition) is 2. The molecule has 0 fully saturated rings. The highest BCUT2D eigenvalue weighted by Crippen LogP contribution is 2.26. The molecule has 1 aromatic carbocycles. The summed E-state index contributed by atoms with van der Waals surface area (Å²) in [4.78, 5) is 12.2. The van der Waals surface area contributed by atoms with Crippen LogP contribution in [0.1, 0.15) is 11.8 Å². The smallest absolute Gasteiger partial charge is 0.221 e. The summed E-state index contributed by atoms with van der Waals surface area (Å²) in [7, 11) is 0. The van der Waals surface area contributed by atoms with Gasteiger partial charge in [0, 0.05) is 33.9 Å². The summed E-state index contributed by atoms with van der Waals surface area (Å²) >= 11 is 11.2. The van der Waals surface area contributed by atoms with Crippen LogP contribution < -0.4 is 10.6 Å². The van der Waals surface area contributed by atoms with Gasteiger partial charge in [-0.15, -0.1) is 11.3 Å². The molecule has 0 saturated carbocycles. The Morgan fingerprint density at radius 1 is 1.42 bits per heavy atom. The standard InChI is InChI=1S/C13H12BrClN2OS/c1-8(18)17-13-3-2-10(5-12(13)15)16-6-11-4-9(14)7-19-11/h2-5,7,16H,6H2,1H3,(H,17,18). The van der Waals surface area contributed by atoms with Crippen LogP contribution in [0.2, 0.25) is 5.02 Å². The van der Waals surface area contributed by atoms with Gasteiger partial charge < -0.3 is 10.6 Å². The van der Waals surface area contributed by atoms with Gasteiger partial charge in [0.15, 0.2) is 0 Å². The summed E-state index contributed by atoms with van der Waals surface area (Å²) in [5.41, 5.74) is 1.54. The molecule has 0 radical (unpaired) electrons. The third kappa shape index (κ3) is 4.23. The average molecular weight is 360 g/mol. The molecule has 0 aliphatic carbocycles. The molecule has 1 amide bonds. The molecule has 2 N–H and O–H groups in total. The van der Waals surface area contributed by atoms with Gasteiger partial charge in [0.1, 0.15) is 0 Å². The Morgan fingerprint density at radius 3 is 2.79 bits per heavy atom. The lowest BCUT2D eigenvalue weighted by atomic mass is 10.2. The number of amides is 1. The molecular weight excluding hydrogens is 348 g/mol. The topological polar surface area (TPSA) is 41.1 Å². The second-order valence-electron chi connectivity index (χ2n) is 3.96. The van der Waals surface area contributed by atoms with E-state index in [1.165, 1.54) is 11.8 Å². The van der Waals surface area contributed by atoms with Crippen LogP contribution in [0.5, 0.6) is 0 Å². The van der Waals surface area contributed by atoms with Crippen LogP contribution in [0.15, 0.2) is 34.1 Å². The van der Waals surface area contributed by atoms with Crippen molar-refractivity contribution in [1.29, 1.82) is 0 Å². The van der Waals surface area contributed by atoms with Crippen LogP contribution in [0, 0.1) is 0 Å². The second kappa shape index (κ2) is 6.41. The third-order valence-electron chi connectivity index (χ3n) is 2.37. The van der Waals surface area contributed by atoms with Gasteiger partial charge in [-0.1, -0.05) is 11.6 Å². The normalized spacial score (nSPS) is 10.3. The number of carbonyl (C=O) groups excluding carboxylic acids is 1. The fourth-order valence-corrected chi connectivity index (χ4v) is 3.17. The van der Waals surface area contributed by atoms with Crippen LogP contribution in [0.4, 0.5) is 11.4 Å². The van der Waals surface area contributed by atoms with Gasteiger partial charge in [-0.2, -0.15) is 0 Å². The third-order valence-corrected chi connectivity index (χ3v) is 4.38. The first kappa shape index (κ1) is 14.4. The summed E-state index contributed by atoms with van der Waals surface area (Å²) in [5.74, 6) is -0.133. The van der Waals surface area contributed by atoms with E-state index in [1.54, 1.807) is 23.5 Å². The van der Waals surface area contributed by atoms with E-state index >= 15 is 0 Å². The number of halogens is 2. The van der Waals surface area contributed by atoms with E-state index in [4.69, 9.17) is 11.6 Å². The van der Waals surface area contributed by atoms with Gasteiger partial charge in [-0.25, -0.2) is 0 Å². The molecule has 2 aromatic rings. The van der Waals surface area contributed by atoms with E-state index in [1.807, 2.05) is 11.4 Å². The number of hydrogen-bond acceptors (Lipinski definition) is 3. The van der Waals surface area contributed by atoms with Crippen LogP contribution in [0.3, 0.4) is 0 Å². The molecule has 19 heavy (non-hydrogen) atoms. The summed E-state index contributed by atoms with van der Waals surface area (Å²) in [6.45, 7) is 2.20. The van der Waals surface area contributed by atoms with E-state index in [0.29, 0.717) is 10.7 Å². The average Bonchev–Trinajstić information content (AvgIpc) is 2.75. The van der Waals surface area contributed by atoms with Gasteiger partial charge in [0.05, 0.1) is 10.7 Å². The van der Waals surface area contributed by atoms with Gasteiger partial charge in [-0.3, -0.25) is 4.79 Å². The first-order valence-electron chi connectivity index (χ1n) is 5.58.